The number of aryl methyl sites for hydroxylation is 1. The highest BCUT2D eigenvalue weighted by Gasteiger charge is 2.09. The van der Waals surface area contributed by atoms with Crippen LogP contribution in [0.3, 0.4) is 0 Å². The normalized spacial score (nSPS) is 10.8. The monoisotopic (exact) mass is 303 g/mol. The second-order valence-corrected chi connectivity index (χ2v) is 6.28. The standard InChI is InChI=1S/C14H13N3OS2/c1-9-7-10(4-5-11(9)15)20-8-13-16-17-14(18-13)12-3-2-6-19-12/h2-7H,8,15H2,1H3. The Kier molecular flexibility index (Phi) is 3.75. The lowest BCUT2D eigenvalue weighted by Gasteiger charge is -2.03. The Labute approximate surface area is 125 Å². The van der Waals surface area contributed by atoms with Crippen molar-refractivity contribution in [2.75, 3.05) is 5.73 Å². The van der Waals surface area contributed by atoms with Crippen LogP contribution in [0.2, 0.25) is 0 Å². The summed E-state index contributed by atoms with van der Waals surface area (Å²) in [6, 6.07) is 9.93. The van der Waals surface area contributed by atoms with Crippen molar-refractivity contribution in [3.05, 3.63) is 47.2 Å². The number of rotatable bonds is 4. The van der Waals surface area contributed by atoms with Gasteiger partial charge in [-0.15, -0.1) is 33.3 Å². The number of hydrogen-bond donors (Lipinski definition) is 1. The van der Waals surface area contributed by atoms with Gasteiger partial charge in [0.1, 0.15) is 0 Å². The minimum Gasteiger partial charge on any atom is -0.419 e. The van der Waals surface area contributed by atoms with Crippen molar-refractivity contribution in [2.24, 2.45) is 0 Å². The molecule has 0 aliphatic heterocycles. The van der Waals surface area contributed by atoms with Crippen LogP contribution in [0.15, 0.2) is 45.0 Å². The van der Waals surface area contributed by atoms with E-state index in [2.05, 4.69) is 16.3 Å². The number of aromatic nitrogens is 2. The first-order chi connectivity index (χ1) is 9.72. The summed E-state index contributed by atoms with van der Waals surface area (Å²) < 4.78 is 5.65. The fraction of sp³-hybridized carbons (Fsp3) is 0.143. The maximum Gasteiger partial charge on any atom is 0.257 e. The topological polar surface area (TPSA) is 64.9 Å². The zero-order valence-corrected chi connectivity index (χ0v) is 12.5. The highest BCUT2D eigenvalue weighted by atomic mass is 32.2. The van der Waals surface area contributed by atoms with Crippen LogP contribution >= 0.6 is 23.1 Å². The van der Waals surface area contributed by atoms with E-state index in [4.69, 9.17) is 10.2 Å². The van der Waals surface area contributed by atoms with E-state index < -0.39 is 0 Å². The molecule has 20 heavy (non-hydrogen) atoms. The third-order valence-corrected chi connectivity index (χ3v) is 4.64. The Morgan fingerprint density at radius 1 is 1.30 bits per heavy atom. The maximum atomic E-state index is 5.80. The summed E-state index contributed by atoms with van der Waals surface area (Å²) in [7, 11) is 0. The molecule has 1 aromatic carbocycles. The van der Waals surface area contributed by atoms with Gasteiger partial charge in [0.15, 0.2) is 0 Å². The SMILES string of the molecule is Cc1cc(SCc2nnc(-c3cccs3)o2)ccc1N. The number of nitrogen functional groups attached to an aromatic ring is 1. The van der Waals surface area contributed by atoms with Crippen LogP contribution in [0.5, 0.6) is 0 Å². The van der Waals surface area contributed by atoms with E-state index in [1.54, 1.807) is 23.1 Å². The van der Waals surface area contributed by atoms with Crippen molar-refractivity contribution in [3.8, 4) is 10.8 Å². The lowest BCUT2D eigenvalue weighted by molar-refractivity contribution is 0.529. The average Bonchev–Trinajstić information content (AvgIpc) is 3.09. The third kappa shape index (κ3) is 2.86. The molecule has 2 heterocycles. The van der Waals surface area contributed by atoms with Gasteiger partial charge in [0.25, 0.3) is 5.89 Å². The van der Waals surface area contributed by atoms with Crippen LogP contribution in [0.1, 0.15) is 11.5 Å². The van der Waals surface area contributed by atoms with Crippen molar-refractivity contribution in [1.82, 2.24) is 10.2 Å². The highest BCUT2D eigenvalue weighted by Crippen LogP contribution is 2.28. The molecule has 0 spiro atoms. The third-order valence-electron chi connectivity index (χ3n) is 2.80. The number of nitrogens with zero attached hydrogens (tertiary/aromatic N) is 2. The molecule has 102 valence electrons. The van der Waals surface area contributed by atoms with Gasteiger partial charge in [0.05, 0.1) is 10.6 Å². The first kappa shape index (κ1) is 13.2. The summed E-state index contributed by atoms with van der Waals surface area (Å²) in [5.41, 5.74) is 7.70. The average molecular weight is 303 g/mol. The lowest BCUT2D eigenvalue weighted by Crippen LogP contribution is -1.89. The Hall–Kier alpha value is -1.79. The van der Waals surface area contributed by atoms with E-state index in [0.717, 1.165) is 21.0 Å². The summed E-state index contributed by atoms with van der Waals surface area (Å²) in [6.45, 7) is 2.00. The van der Waals surface area contributed by atoms with Crippen LogP contribution in [-0.4, -0.2) is 10.2 Å². The summed E-state index contributed by atoms with van der Waals surface area (Å²) >= 11 is 3.25. The largest absolute Gasteiger partial charge is 0.419 e. The second-order valence-electron chi connectivity index (χ2n) is 4.29. The van der Waals surface area contributed by atoms with Crippen molar-refractivity contribution in [3.63, 3.8) is 0 Å². The molecule has 0 atom stereocenters. The molecule has 0 saturated heterocycles. The van der Waals surface area contributed by atoms with Gasteiger partial charge in [-0.2, -0.15) is 0 Å². The van der Waals surface area contributed by atoms with Crippen molar-refractivity contribution >= 4 is 28.8 Å². The van der Waals surface area contributed by atoms with Gasteiger partial charge in [-0.05, 0) is 42.1 Å². The zero-order chi connectivity index (χ0) is 13.9. The second kappa shape index (κ2) is 5.68. The van der Waals surface area contributed by atoms with Crippen LogP contribution < -0.4 is 5.73 Å². The van der Waals surface area contributed by atoms with E-state index in [1.807, 2.05) is 36.6 Å². The molecule has 4 nitrogen and oxygen atoms in total. The lowest BCUT2D eigenvalue weighted by atomic mass is 10.2. The molecule has 2 N–H and O–H groups in total. The maximum absolute atomic E-state index is 5.80. The Bertz CT molecular complexity index is 707. The van der Waals surface area contributed by atoms with Gasteiger partial charge in [0.2, 0.25) is 5.89 Å². The molecule has 0 amide bonds. The van der Waals surface area contributed by atoms with E-state index in [9.17, 15) is 0 Å². The van der Waals surface area contributed by atoms with Gasteiger partial charge >= 0.3 is 0 Å². The summed E-state index contributed by atoms with van der Waals surface area (Å²) in [5.74, 6) is 1.87. The van der Waals surface area contributed by atoms with E-state index in [0.29, 0.717) is 17.5 Å². The van der Waals surface area contributed by atoms with Crippen LogP contribution in [-0.2, 0) is 5.75 Å². The number of thioether (sulfide) groups is 1. The fourth-order valence-corrected chi connectivity index (χ4v) is 3.17. The quantitative estimate of drug-likeness (QED) is 0.583. The highest BCUT2D eigenvalue weighted by molar-refractivity contribution is 7.98. The Balaban J connectivity index is 1.68. The summed E-state index contributed by atoms with van der Waals surface area (Å²) in [5, 5.41) is 10.1. The van der Waals surface area contributed by atoms with Gasteiger partial charge in [0, 0.05) is 10.6 Å². The van der Waals surface area contributed by atoms with Crippen LogP contribution in [0, 0.1) is 6.92 Å². The van der Waals surface area contributed by atoms with Crippen molar-refractivity contribution < 1.29 is 4.42 Å². The minimum absolute atomic E-state index is 0.587. The van der Waals surface area contributed by atoms with Crippen molar-refractivity contribution in [1.29, 1.82) is 0 Å². The molecular weight excluding hydrogens is 290 g/mol. The molecule has 0 saturated carbocycles. The number of thiophene rings is 1. The van der Waals surface area contributed by atoms with Gasteiger partial charge < -0.3 is 10.2 Å². The number of anilines is 1. The first-order valence-electron chi connectivity index (χ1n) is 6.07. The molecule has 0 unspecified atom stereocenters. The molecule has 2 aromatic heterocycles. The molecule has 0 aliphatic carbocycles. The molecule has 3 aromatic rings. The van der Waals surface area contributed by atoms with Gasteiger partial charge in [-0.1, -0.05) is 6.07 Å². The Morgan fingerprint density at radius 3 is 2.95 bits per heavy atom. The van der Waals surface area contributed by atoms with E-state index in [1.165, 1.54) is 0 Å². The Morgan fingerprint density at radius 2 is 2.20 bits per heavy atom. The molecule has 0 bridgehead atoms. The van der Waals surface area contributed by atoms with E-state index >= 15 is 0 Å². The zero-order valence-electron chi connectivity index (χ0n) is 10.9. The molecule has 6 heteroatoms. The predicted molar refractivity (Wildman–Crippen MR) is 82.8 cm³/mol. The van der Waals surface area contributed by atoms with Crippen LogP contribution in [0.25, 0.3) is 10.8 Å². The van der Waals surface area contributed by atoms with Crippen molar-refractivity contribution in [2.45, 2.75) is 17.6 Å². The van der Waals surface area contributed by atoms with Crippen LogP contribution in [0.4, 0.5) is 5.69 Å². The smallest absolute Gasteiger partial charge is 0.257 e. The predicted octanol–water partition coefficient (Wildman–Crippen LogP) is 3.98. The summed E-state index contributed by atoms with van der Waals surface area (Å²) in [6.07, 6.45) is 0. The molecule has 0 aliphatic rings. The first-order valence-corrected chi connectivity index (χ1v) is 7.94. The number of hydrogen-bond acceptors (Lipinski definition) is 6. The molecule has 0 radical (unpaired) electrons. The molecular formula is C14H13N3OS2. The number of benzene rings is 1. The summed E-state index contributed by atoms with van der Waals surface area (Å²) in [4.78, 5) is 2.14. The van der Waals surface area contributed by atoms with E-state index in [-0.39, 0.29) is 0 Å². The van der Waals surface area contributed by atoms with Gasteiger partial charge in [-0.25, -0.2) is 0 Å². The fourth-order valence-electron chi connectivity index (χ4n) is 1.69. The molecule has 0 fully saturated rings. The molecule has 3 rings (SSSR count). The number of nitrogens with two attached hydrogens (primary N) is 1. The van der Waals surface area contributed by atoms with Gasteiger partial charge in [-0.3, -0.25) is 0 Å². The minimum atomic E-state index is 0.587.